The average Bonchev–Trinajstić information content (AvgIpc) is 2.43. The highest BCUT2D eigenvalue weighted by atomic mass is 16.5. The monoisotopic (exact) mass is 270 g/mol. The number of pyridine rings is 1. The van der Waals surface area contributed by atoms with Gasteiger partial charge >= 0.3 is 0 Å². The highest BCUT2D eigenvalue weighted by Gasteiger charge is 2.14. The number of nitrogens with two attached hydrogens (primary N) is 1. The number of amides is 1. The Morgan fingerprint density at radius 2 is 2.00 bits per heavy atom. The maximum atomic E-state index is 11.4. The standard InChI is InChI=1S/C16H18N2O2/c1-10-9-18-15(16(17)19)11(2)13(10)8-12-6-4-5-7-14(12)20-3/h4-7,9H,8H2,1-3H3,(H2,17,19). The summed E-state index contributed by atoms with van der Waals surface area (Å²) >= 11 is 0. The Morgan fingerprint density at radius 1 is 1.30 bits per heavy atom. The molecular formula is C16H18N2O2. The molecule has 0 unspecified atom stereocenters. The number of hydrogen-bond acceptors (Lipinski definition) is 3. The number of hydrogen-bond donors (Lipinski definition) is 1. The number of methoxy groups -OCH3 is 1. The van der Waals surface area contributed by atoms with E-state index in [9.17, 15) is 4.79 Å². The number of para-hydroxylation sites is 1. The number of nitrogens with zero attached hydrogens (tertiary/aromatic N) is 1. The van der Waals surface area contributed by atoms with Gasteiger partial charge in [-0.2, -0.15) is 0 Å². The van der Waals surface area contributed by atoms with E-state index < -0.39 is 5.91 Å². The van der Waals surface area contributed by atoms with Gasteiger partial charge in [-0.05, 0) is 42.2 Å². The van der Waals surface area contributed by atoms with Crippen molar-refractivity contribution in [2.24, 2.45) is 5.73 Å². The summed E-state index contributed by atoms with van der Waals surface area (Å²) in [5.41, 5.74) is 9.71. The zero-order valence-electron chi connectivity index (χ0n) is 11.9. The van der Waals surface area contributed by atoms with Gasteiger partial charge in [0.15, 0.2) is 0 Å². The zero-order chi connectivity index (χ0) is 14.7. The molecular weight excluding hydrogens is 252 g/mol. The van der Waals surface area contributed by atoms with Crippen LogP contribution in [0.15, 0.2) is 30.5 Å². The van der Waals surface area contributed by atoms with Crippen LogP contribution in [0.3, 0.4) is 0 Å². The van der Waals surface area contributed by atoms with Crippen LogP contribution in [0.25, 0.3) is 0 Å². The van der Waals surface area contributed by atoms with Crippen LogP contribution in [0.5, 0.6) is 5.75 Å². The molecule has 2 N–H and O–H groups in total. The molecule has 0 spiro atoms. The van der Waals surface area contributed by atoms with Crippen LogP contribution in [0, 0.1) is 13.8 Å². The summed E-state index contributed by atoms with van der Waals surface area (Å²) in [5, 5.41) is 0. The highest BCUT2D eigenvalue weighted by molar-refractivity contribution is 5.92. The molecule has 0 bridgehead atoms. The summed E-state index contributed by atoms with van der Waals surface area (Å²) in [5.74, 6) is 0.340. The van der Waals surface area contributed by atoms with Crippen molar-refractivity contribution in [2.45, 2.75) is 20.3 Å². The van der Waals surface area contributed by atoms with Crippen molar-refractivity contribution in [3.8, 4) is 5.75 Å². The highest BCUT2D eigenvalue weighted by Crippen LogP contribution is 2.25. The van der Waals surface area contributed by atoms with Crippen LogP contribution < -0.4 is 10.5 Å². The fourth-order valence-electron chi connectivity index (χ4n) is 2.33. The Bertz CT molecular complexity index is 651. The van der Waals surface area contributed by atoms with E-state index >= 15 is 0 Å². The minimum atomic E-state index is -0.497. The minimum absolute atomic E-state index is 0.334. The zero-order valence-corrected chi connectivity index (χ0v) is 11.9. The van der Waals surface area contributed by atoms with E-state index in [-0.39, 0.29) is 0 Å². The second-order valence-electron chi connectivity index (χ2n) is 4.75. The molecule has 1 amide bonds. The summed E-state index contributed by atoms with van der Waals surface area (Å²) in [6, 6.07) is 7.85. The molecule has 0 aliphatic heterocycles. The lowest BCUT2D eigenvalue weighted by Crippen LogP contribution is -2.16. The maximum absolute atomic E-state index is 11.4. The molecule has 104 valence electrons. The quantitative estimate of drug-likeness (QED) is 0.927. The number of aromatic nitrogens is 1. The predicted molar refractivity (Wildman–Crippen MR) is 78.0 cm³/mol. The summed E-state index contributed by atoms with van der Waals surface area (Å²) < 4.78 is 5.37. The third-order valence-corrected chi connectivity index (χ3v) is 3.46. The molecule has 0 fully saturated rings. The molecule has 20 heavy (non-hydrogen) atoms. The normalized spacial score (nSPS) is 10.3. The van der Waals surface area contributed by atoms with Gasteiger partial charge in [0.05, 0.1) is 7.11 Å². The molecule has 1 aromatic heterocycles. The second kappa shape index (κ2) is 5.74. The number of carbonyl (C=O) groups is 1. The van der Waals surface area contributed by atoms with Gasteiger partial charge in [-0.25, -0.2) is 0 Å². The van der Waals surface area contributed by atoms with Crippen LogP contribution >= 0.6 is 0 Å². The van der Waals surface area contributed by atoms with Crippen LogP contribution in [0.4, 0.5) is 0 Å². The number of benzene rings is 1. The molecule has 1 aromatic carbocycles. The maximum Gasteiger partial charge on any atom is 0.267 e. The molecule has 0 radical (unpaired) electrons. The van der Waals surface area contributed by atoms with Crippen LogP contribution in [0.1, 0.15) is 32.7 Å². The SMILES string of the molecule is COc1ccccc1Cc1c(C)cnc(C(N)=O)c1C. The van der Waals surface area contributed by atoms with Gasteiger partial charge in [-0.3, -0.25) is 9.78 Å². The average molecular weight is 270 g/mol. The van der Waals surface area contributed by atoms with Crippen LogP contribution in [0.2, 0.25) is 0 Å². The first-order valence-corrected chi connectivity index (χ1v) is 6.41. The first-order valence-electron chi connectivity index (χ1n) is 6.41. The smallest absolute Gasteiger partial charge is 0.267 e. The lowest BCUT2D eigenvalue weighted by Gasteiger charge is -2.14. The van der Waals surface area contributed by atoms with Crippen molar-refractivity contribution in [2.75, 3.05) is 7.11 Å². The van der Waals surface area contributed by atoms with Gasteiger partial charge in [-0.15, -0.1) is 0 Å². The summed E-state index contributed by atoms with van der Waals surface area (Å²) in [7, 11) is 1.65. The second-order valence-corrected chi connectivity index (χ2v) is 4.75. The predicted octanol–water partition coefficient (Wildman–Crippen LogP) is 2.40. The molecule has 0 aliphatic rings. The number of aryl methyl sites for hydroxylation is 1. The molecule has 4 heteroatoms. The van der Waals surface area contributed by atoms with Gasteiger partial charge in [0.2, 0.25) is 0 Å². The van der Waals surface area contributed by atoms with E-state index in [2.05, 4.69) is 4.98 Å². The molecule has 0 atom stereocenters. The van der Waals surface area contributed by atoms with Crippen molar-refractivity contribution < 1.29 is 9.53 Å². The van der Waals surface area contributed by atoms with Crippen molar-refractivity contribution in [3.63, 3.8) is 0 Å². The largest absolute Gasteiger partial charge is 0.496 e. The summed E-state index contributed by atoms with van der Waals surface area (Å²) in [4.78, 5) is 15.5. The minimum Gasteiger partial charge on any atom is -0.496 e. The van der Waals surface area contributed by atoms with E-state index in [1.807, 2.05) is 38.1 Å². The van der Waals surface area contributed by atoms with E-state index in [1.165, 1.54) is 0 Å². The van der Waals surface area contributed by atoms with Gasteiger partial charge in [-0.1, -0.05) is 18.2 Å². The molecule has 2 aromatic rings. The summed E-state index contributed by atoms with van der Waals surface area (Å²) in [6.45, 7) is 3.86. The fraction of sp³-hybridized carbons (Fsp3) is 0.250. The summed E-state index contributed by atoms with van der Waals surface area (Å²) in [6.07, 6.45) is 2.38. The van der Waals surface area contributed by atoms with Crippen molar-refractivity contribution in [3.05, 3.63) is 58.4 Å². The fourth-order valence-corrected chi connectivity index (χ4v) is 2.33. The van der Waals surface area contributed by atoms with Crippen molar-refractivity contribution in [1.29, 1.82) is 0 Å². The van der Waals surface area contributed by atoms with E-state index in [1.54, 1.807) is 13.3 Å². The molecule has 1 heterocycles. The van der Waals surface area contributed by atoms with Crippen molar-refractivity contribution in [1.82, 2.24) is 4.98 Å². The Labute approximate surface area is 118 Å². The Morgan fingerprint density at radius 3 is 2.65 bits per heavy atom. The van der Waals surface area contributed by atoms with E-state index in [0.717, 1.165) is 28.0 Å². The Kier molecular flexibility index (Phi) is 4.03. The molecule has 0 aliphatic carbocycles. The van der Waals surface area contributed by atoms with E-state index in [4.69, 9.17) is 10.5 Å². The van der Waals surface area contributed by atoms with Gasteiger partial charge in [0.1, 0.15) is 11.4 Å². The topological polar surface area (TPSA) is 65.2 Å². The van der Waals surface area contributed by atoms with Gasteiger partial charge in [0, 0.05) is 12.6 Å². The third kappa shape index (κ3) is 2.64. The molecule has 0 saturated carbocycles. The Balaban J connectivity index is 2.48. The van der Waals surface area contributed by atoms with E-state index in [0.29, 0.717) is 12.1 Å². The Hall–Kier alpha value is -2.36. The molecule has 2 rings (SSSR count). The third-order valence-electron chi connectivity index (χ3n) is 3.46. The molecule has 0 saturated heterocycles. The number of rotatable bonds is 4. The lowest BCUT2D eigenvalue weighted by atomic mass is 9.95. The van der Waals surface area contributed by atoms with Gasteiger partial charge < -0.3 is 10.5 Å². The molecule has 4 nitrogen and oxygen atoms in total. The number of carbonyl (C=O) groups excluding carboxylic acids is 1. The first kappa shape index (κ1) is 14.1. The first-order chi connectivity index (χ1) is 9.54. The number of primary amides is 1. The van der Waals surface area contributed by atoms with Gasteiger partial charge in [0.25, 0.3) is 5.91 Å². The van der Waals surface area contributed by atoms with Crippen LogP contribution in [-0.2, 0) is 6.42 Å². The number of ether oxygens (including phenoxy) is 1. The van der Waals surface area contributed by atoms with Crippen LogP contribution in [-0.4, -0.2) is 18.0 Å². The lowest BCUT2D eigenvalue weighted by molar-refractivity contribution is 0.0995. The van der Waals surface area contributed by atoms with Crippen molar-refractivity contribution >= 4 is 5.91 Å².